The molecule has 0 N–H and O–H groups in total. The van der Waals surface area contributed by atoms with Crippen LogP contribution in [0.4, 0.5) is 0 Å². The van der Waals surface area contributed by atoms with Gasteiger partial charge in [0.1, 0.15) is 6.10 Å². The van der Waals surface area contributed by atoms with E-state index in [1.807, 2.05) is 0 Å². The standard InChI is InChI=1S/C11H18O/c1-3-4-5-8-11-9-6-7-10(2)12-11/h4-5,11H,2-3,6-9H2,1H3/b5-4+. The van der Waals surface area contributed by atoms with Crippen LogP contribution >= 0.6 is 0 Å². The number of ether oxygens (including phenoxy) is 1. The van der Waals surface area contributed by atoms with Gasteiger partial charge >= 0.3 is 0 Å². The fraction of sp³-hybridized carbons (Fsp3) is 0.636. The molecule has 1 rings (SSSR count). The van der Waals surface area contributed by atoms with E-state index in [0.29, 0.717) is 6.10 Å². The minimum Gasteiger partial charge on any atom is -0.495 e. The van der Waals surface area contributed by atoms with Crippen molar-refractivity contribution in [3.63, 3.8) is 0 Å². The molecule has 1 unspecified atom stereocenters. The van der Waals surface area contributed by atoms with Crippen LogP contribution in [0.2, 0.25) is 0 Å². The molecule has 1 aliphatic heterocycles. The molecule has 0 amide bonds. The summed E-state index contributed by atoms with van der Waals surface area (Å²) < 4.78 is 5.59. The predicted molar refractivity (Wildman–Crippen MR) is 51.9 cm³/mol. The molecule has 68 valence electrons. The molecule has 1 nitrogen and oxygen atoms in total. The lowest BCUT2D eigenvalue weighted by atomic mass is 10.0. The van der Waals surface area contributed by atoms with Crippen molar-refractivity contribution in [3.8, 4) is 0 Å². The van der Waals surface area contributed by atoms with Gasteiger partial charge in [-0.15, -0.1) is 0 Å². The molecule has 1 atom stereocenters. The van der Waals surface area contributed by atoms with Gasteiger partial charge in [-0.05, 0) is 19.3 Å². The Hall–Kier alpha value is -0.720. The van der Waals surface area contributed by atoms with Crippen molar-refractivity contribution in [1.29, 1.82) is 0 Å². The van der Waals surface area contributed by atoms with Gasteiger partial charge in [-0.2, -0.15) is 0 Å². The Morgan fingerprint density at radius 3 is 3.08 bits per heavy atom. The maximum atomic E-state index is 5.59. The van der Waals surface area contributed by atoms with Gasteiger partial charge in [0, 0.05) is 12.8 Å². The molecule has 1 heterocycles. The third-order valence-corrected chi connectivity index (χ3v) is 2.12. The van der Waals surface area contributed by atoms with Crippen LogP contribution in [0.15, 0.2) is 24.5 Å². The Bertz CT molecular complexity index is 170. The number of allylic oxidation sites excluding steroid dienone is 2. The largest absolute Gasteiger partial charge is 0.495 e. The second kappa shape index (κ2) is 5.02. The summed E-state index contributed by atoms with van der Waals surface area (Å²) in [5, 5.41) is 0. The second-order valence-corrected chi connectivity index (χ2v) is 3.29. The number of hydrogen-bond donors (Lipinski definition) is 0. The summed E-state index contributed by atoms with van der Waals surface area (Å²) in [6.45, 7) is 6.00. The van der Waals surface area contributed by atoms with Crippen molar-refractivity contribution in [2.24, 2.45) is 0 Å². The molecule has 0 spiro atoms. The minimum absolute atomic E-state index is 0.397. The van der Waals surface area contributed by atoms with Crippen molar-refractivity contribution in [1.82, 2.24) is 0 Å². The molecule has 1 fully saturated rings. The fourth-order valence-electron chi connectivity index (χ4n) is 1.46. The van der Waals surface area contributed by atoms with Crippen LogP contribution in [0.3, 0.4) is 0 Å². The summed E-state index contributed by atoms with van der Waals surface area (Å²) in [6, 6.07) is 0. The lowest BCUT2D eigenvalue weighted by molar-refractivity contribution is 0.0769. The first-order chi connectivity index (χ1) is 5.83. The van der Waals surface area contributed by atoms with Gasteiger partial charge in [-0.3, -0.25) is 0 Å². The average molecular weight is 166 g/mol. The maximum Gasteiger partial charge on any atom is 0.102 e. The lowest BCUT2D eigenvalue weighted by Gasteiger charge is -2.24. The highest BCUT2D eigenvalue weighted by atomic mass is 16.5. The predicted octanol–water partition coefficient (Wildman–Crippen LogP) is 3.43. The molecular formula is C11H18O. The van der Waals surface area contributed by atoms with Crippen molar-refractivity contribution < 1.29 is 4.74 Å². The van der Waals surface area contributed by atoms with Gasteiger partial charge in [-0.25, -0.2) is 0 Å². The van der Waals surface area contributed by atoms with Gasteiger partial charge in [0.05, 0.1) is 5.76 Å². The SMILES string of the molecule is C=C1CCCC(C/C=C/CC)O1. The Labute approximate surface area is 75.1 Å². The van der Waals surface area contributed by atoms with E-state index in [1.54, 1.807) is 0 Å². The highest BCUT2D eigenvalue weighted by molar-refractivity contribution is 4.91. The Balaban J connectivity index is 2.22. The first-order valence-electron chi connectivity index (χ1n) is 4.82. The second-order valence-electron chi connectivity index (χ2n) is 3.29. The van der Waals surface area contributed by atoms with E-state index >= 15 is 0 Å². The highest BCUT2D eigenvalue weighted by Gasteiger charge is 2.14. The molecule has 0 bridgehead atoms. The fourth-order valence-corrected chi connectivity index (χ4v) is 1.46. The molecule has 0 aromatic rings. The van der Waals surface area contributed by atoms with Crippen LogP contribution in [0.5, 0.6) is 0 Å². The van der Waals surface area contributed by atoms with Gasteiger partial charge in [0.2, 0.25) is 0 Å². The van der Waals surface area contributed by atoms with Gasteiger partial charge < -0.3 is 4.74 Å². The average Bonchev–Trinajstić information content (AvgIpc) is 2.05. The third-order valence-electron chi connectivity index (χ3n) is 2.12. The zero-order valence-electron chi connectivity index (χ0n) is 7.88. The van der Waals surface area contributed by atoms with Crippen molar-refractivity contribution in [2.45, 2.75) is 45.1 Å². The van der Waals surface area contributed by atoms with Crippen LogP contribution in [0.1, 0.15) is 39.0 Å². The van der Waals surface area contributed by atoms with Gasteiger partial charge in [0.25, 0.3) is 0 Å². The molecule has 1 saturated heterocycles. The van der Waals surface area contributed by atoms with E-state index in [2.05, 4.69) is 25.7 Å². The zero-order chi connectivity index (χ0) is 8.81. The van der Waals surface area contributed by atoms with Crippen LogP contribution < -0.4 is 0 Å². The highest BCUT2D eigenvalue weighted by Crippen LogP contribution is 2.22. The minimum atomic E-state index is 0.397. The summed E-state index contributed by atoms with van der Waals surface area (Å²) in [6.07, 6.45) is 10.4. The molecule has 1 aliphatic rings. The molecular weight excluding hydrogens is 148 g/mol. The van der Waals surface area contributed by atoms with E-state index in [-0.39, 0.29) is 0 Å². The van der Waals surface area contributed by atoms with Crippen LogP contribution in [0.25, 0.3) is 0 Å². The van der Waals surface area contributed by atoms with E-state index in [4.69, 9.17) is 4.74 Å². The Kier molecular flexibility index (Phi) is 3.92. The summed E-state index contributed by atoms with van der Waals surface area (Å²) in [7, 11) is 0. The van der Waals surface area contributed by atoms with Crippen LogP contribution in [0, 0.1) is 0 Å². The molecule has 0 radical (unpaired) electrons. The van der Waals surface area contributed by atoms with Gasteiger partial charge in [0.15, 0.2) is 0 Å². The van der Waals surface area contributed by atoms with E-state index in [0.717, 1.165) is 25.0 Å². The summed E-state index contributed by atoms with van der Waals surface area (Å²) >= 11 is 0. The first kappa shape index (κ1) is 9.37. The van der Waals surface area contributed by atoms with E-state index in [1.165, 1.54) is 12.8 Å². The van der Waals surface area contributed by atoms with Gasteiger partial charge in [-0.1, -0.05) is 25.7 Å². The smallest absolute Gasteiger partial charge is 0.102 e. The van der Waals surface area contributed by atoms with Crippen LogP contribution in [-0.4, -0.2) is 6.10 Å². The van der Waals surface area contributed by atoms with Crippen molar-refractivity contribution in [2.75, 3.05) is 0 Å². The molecule has 0 aromatic heterocycles. The quantitative estimate of drug-likeness (QED) is 0.584. The van der Waals surface area contributed by atoms with E-state index < -0.39 is 0 Å². The normalized spacial score (nSPS) is 24.4. The maximum absolute atomic E-state index is 5.59. The summed E-state index contributed by atoms with van der Waals surface area (Å²) in [4.78, 5) is 0. The molecule has 0 aliphatic carbocycles. The molecule has 0 saturated carbocycles. The molecule has 1 heteroatoms. The third kappa shape index (κ3) is 3.12. The number of rotatable bonds is 3. The topological polar surface area (TPSA) is 9.23 Å². The monoisotopic (exact) mass is 166 g/mol. The zero-order valence-corrected chi connectivity index (χ0v) is 7.88. The summed E-state index contributed by atoms with van der Waals surface area (Å²) in [5.74, 6) is 0.969. The van der Waals surface area contributed by atoms with Crippen molar-refractivity contribution in [3.05, 3.63) is 24.5 Å². The van der Waals surface area contributed by atoms with Crippen molar-refractivity contribution >= 4 is 0 Å². The number of hydrogen-bond acceptors (Lipinski definition) is 1. The molecule has 0 aromatic carbocycles. The summed E-state index contributed by atoms with van der Waals surface area (Å²) in [5.41, 5.74) is 0. The Morgan fingerprint density at radius 1 is 1.58 bits per heavy atom. The first-order valence-corrected chi connectivity index (χ1v) is 4.82. The Morgan fingerprint density at radius 2 is 2.42 bits per heavy atom. The molecule has 12 heavy (non-hydrogen) atoms. The van der Waals surface area contributed by atoms with E-state index in [9.17, 15) is 0 Å². The lowest BCUT2D eigenvalue weighted by Crippen LogP contribution is -2.16. The van der Waals surface area contributed by atoms with Crippen LogP contribution in [-0.2, 0) is 4.74 Å².